The van der Waals surface area contributed by atoms with Crippen LogP contribution >= 0.6 is 23.2 Å². The van der Waals surface area contributed by atoms with Gasteiger partial charge in [-0.1, -0.05) is 29.3 Å². The van der Waals surface area contributed by atoms with Gasteiger partial charge in [0.2, 0.25) is 0 Å². The molecule has 0 aliphatic rings. The van der Waals surface area contributed by atoms with E-state index < -0.39 is 23.4 Å². The Bertz CT molecular complexity index is 1120. The van der Waals surface area contributed by atoms with E-state index in [-0.39, 0.29) is 45.7 Å². The number of aromatic hydroxyl groups is 1. The van der Waals surface area contributed by atoms with E-state index in [9.17, 15) is 23.1 Å². The minimum absolute atomic E-state index is 0.0162. The predicted octanol–water partition coefficient (Wildman–Crippen LogP) is 5.24. The van der Waals surface area contributed by atoms with Crippen LogP contribution in [0.2, 0.25) is 10.0 Å². The molecule has 0 aromatic heterocycles. The van der Waals surface area contributed by atoms with Crippen LogP contribution in [0.1, 0.15) is 11.1 Å². The van der Waals surface area contributed by atoms with Gasteiger partial charge in [-0.2, -0.15) is 0 Å². The standard InChI is InChI=1S/C21H14Cl2F3NO3/c22-15-5-11(30-9-21(27)29)6-16(23)14(15)4-10-1-2-20(28)13(3-10)12-7-18(25)19(26)8-17(12)24/h1-3,5-8,28H,4,9H2,(H2,27,29). The molecule has 0 atom stereocenters. The molecule has 0 saturated carbocycles. The number of amides is 1. The Morgan fingerprint density at radius 2 is 1.57 bits per heavy atom. The number of ether oxygens (including phenoxy) is 1. The maximum absolute atomic E-state index is 14.1. The summed E-state index contributed by atoms with van der Waals surface area (Å²) in [5.74, 6) is -4.31. The molecule has 0 aliphatic heterocycles. The minimum atomic E-state index is -1.33. The van der Waals surface area contributed by atoms with E-state index in [1.165, 1.54) is 24.3 Å². The number of nitrogens with two attached hydrogens (primary N) is 1. The molecule has 3 aromatic rings. The number of benzene rings is 3. The molecule has 3 aromatic carbocycles. The minimum Gasteiger partial charge on any atom is -0.507 e. The van der Waals surface area contributed by atoms with Gasteiger partial charge in [-0.05, 0) is 41.5 Å². The van der Waals surface area contributed by atoms with Crippen molar-refractivity contribution in [2.24, 2.45) is 5.73 Å². The van der Waals surface area contributed by atoms with E-state index in [1.54, 1.807) is 6.07 Å². The molecular weight excluding hydrogens is 442 g/mol. The number of carbonyl (C=O) groups excluding carboxylic acids is 1. The predicted molar refractivity (Wildman–Crippen MR) is 107 cm³/mol. The van der Waals surface area contributed by atoms with Gasteiger partial charge in [0.15, 0.2) is 18.2 Å². The summed E-state index contributed by atoms with van der Waals surface area (Å²) in [7, 11) is 0. The lowest BCUT2D eigenvalue weighted by atomic mass is 9.97. The first-order valence-electron chi connectivity index (χ1n) is 8.51. The second-order valence-electron chi connectivity index (χ2n) is 6.39. The summed E-state index contributed by atoms with van der Waals surface area (Å²) in [4.78, 5) is 10.8. The number of phenolic OH excluding ortho intramolecular Hbond substituents is 1. The van der Waals surface area contributed by atoms with Crippen molar-refractivity contribution in [3.05, 3.63) is 81.1 Å². The lowest BCUT2D eigenvalue weighted by molar-refractivity contribution is -0.119. The number of primary amides is 1. The number of rotatable bonds is 6. The highest BCUT2D eigenvalue weighted by Gasteiger charge is 2.16. The number of hydrogen-bond donors (Lipinski definition) is 2. The van der Waals surface area contributed by atoms with E-state index in [2.05, 4.69) is 0 Å². The molecule has 4 nitrogen and oxygen atoms in total. The number of hydrogen-bond acceptors (Lipinski definition) is 3. The largest absolute Gasteiger partial charge is 0.507 e. The fourth-order valence-electron chi connectivity index (χ4n) is 2.83. The van der Waals surface area contributed by atoms with E-state index in [0.29, 0.717) is 23.3 Å². The van der Waals surface area contributed by atoms with Crippen LogP contribution in [0.4, 0.5) is 13.2 Å². The smallest absolute Gasteiger partial charge is 0.255 e. The summed E-state index contributed by atoms with van der Waals surface area (Å²) in [6, 6.07) is 8.29. The fourth-order valence-corrected chi connectivity index (χ4v) is 3.43. The van der Waals surface area contributed by atoms with Crippen LogP contribution in [0.5, 0.6) is 11.5 Å². The molecule has 0 unspecified atom stereocenters. The van der Waals surface area contributed by atoms with Crippen molar-refractivity contribution in [1.82, 2.24) is 0 Å². The van der Waals surface area contributed by atoms with Crippen LogP contribution in [0.15, 0.2) is 42.5 Å². The van der Waals surface area contributed by atoms with Crippen LogP contribution in [-0.4, -0.2) is 17.6 Å². The summed E-state index contributed by atoms with van der Waals surface area (Å²) >= 11 is 12.5. The topological polar surface area (TPSA) is 72.6 Å². The highest BCUT2D eigenvalue weighted by atomic mass is 35.5. The molecule has 30 heavy (non-hydrogen) atoms. The first-order chi connectivity index (χ1) is 14.2. The van der Waals surface area contributed by atoms with E-state index in [0.717, 1.165) is 0 Å². The quantitative estimate of drug-likeness (QED) is 0.499. The number of carbonyl (C=O) groups is 1. The van der Waals surface area contributed by atoms with Crippen molar-refractivity contribution in [2.75, 3.05) is 6.61 Å². The van der Waals surface area contributed by atoms with E-state index in [4.69, 9.17) is 33.7 Å². The number of phenols is 1. The highest BCUT2D eigenvalue weighted by molar-refractivity contribution is 6.36. The van der Waals surface area contributed by atoms with Crippen LogP contribution in [-0.2, 0) is 11.2 Å². The molecule has 3 rings (SSSR count). The zero-order valence-electron chi connectivity index (χ0n) is 15.2. The maximum atomic E-state index is 14.1. The summed E-state index contributed by atoms with van der Waals surface area (Å²) in [5, 5.41) is 10.6. The van der Waals surface area contributed by atoms with Gasteiger partial charge in [0.1, 0.15) is 17.3 Å². The molecule has 3 N–H and O–H groups in total. The van der Waals surface area contributed by atoms with Gasteiger partial charge in [-0.15, -0.1) is 0 Å². The zero-order valence-corrected chi connectivity index (χ0v) is 16.7. The molecule has 0 fully saturated rings. The molecule has 0 saturated heterocycles. The van der Waals surface area contributed by atoms with Gasteiger partial charge in [0, 0.05) is 33.7 Å². The van der Waals surface area contributed by atoms with Gasteiger partial charge in [0.05, 0.1) is 0 Å². The lowest BCUT2D eigenvalue weighted by Crippen LogP contribution is -2.20. The second kappa shape index (κ2) is 8.85. The van der Waals surface area contributed by atoms with Crippen molar-refractivity contribution in [3.8, 4) is 22.6 Å². The van der Waals surface area contributed by atoms with Crippen molar-refractivity contribution in [1.29, 1.82) is 0 Å². The first kappa shape index (κ1) is 21.8. The summed E-state index contributed by atoms with van der Waals surface area (Å²) in [6.07, 6.45) is 0.187. The van der Waals surface area contributed by atoms with Crippen molar-refractivity contribution in [2.45, 2.75) is 6.42 Å². The maximum Gasteiger partial charge on any atom is 0.255 e. The molecule has 1 amide bonds. The van der Waals surface area contributed by atoms with Crippen LogP contribution in [0.3, 0.4) is 0 Å². The van der Waals surface area contributed by atoms with E-state index in [1.807, 2.05) is 0 Å². The Kier molecular flexibility index (Phi) is 6.43. The molecule has 0 radical (unpaired) electrons. The third kappa shape index (κ3) is 4.80. The molecule has 0 heterocycles. The summed E-state index contributed by atoms with van der Waals surface area (Å²) < 4.78 is 46.1. The monoisotopic (exact) mass is 455 g/mol. The normalized spacial score (nSPS) is 10.8. The van der Waals surface area contributed by atoms with Gasteiger partial charge in [-0.3, -0.25) is 4.79 Å². The van der Waals surface area contributed by atoms with E-state index >= 15 is 0 Å². The fraction of sp³-hybridized carbons (Fsp3) is 0.0952. The molecule has 0 spiro atoms. The average molecular weight is 456 g/mol. The molecule has 0 aliphatic carbocycles. The van der Waals surface area contributed by atoms with Crippen molar-refractivity contribution < 1.29 is 27.8 Å². The second-order valence-corrected chi connectivity index (χ2v) is 7.21. The summed E-state index contributed by atoms with van der Waals surface area (Å²) in [5.41, 5.74) is 5.80. The van der Waals surface area contributed by atoms with Crippen molar-refractivity contribution in [3.63, 3.8) is 0 Å². The van der Waals surface area contributed by atoms with Gasteiger partial charge in [-0.25, -0.2) is 13.2 Å². The zero-order chi connectivity index (χ0) is 22.0. The Hall–Kier alpha value is -2.90. The third-order valence-electron chi connectivity index (χ3n) is 4.24. The lowest BCUT2D eigenvalue weighted by Gasteiger charge is -2.13. The SMILES string of the molecule is NC(=O)COc1cc(Cl)c(Cc2ccc(O)c(-c3cc(F)c(F)cc3F)c2)c(Cl)c1. The Morgan fingerprint density at radius 3 is 2.20 bits per heavy atom. The van der Waals surface area contributed by atoms with Gasteiger partial charge in [0.25, 0.3) is 5.91 Å². The van der Waals surface area contributed by atoms with Gasteiger partial charge >= 0.3 is 0 Å². The average Bonchev–Trinajstić information content (AvgIpc) is 2.67. The molecule has 156 valence electrons. The Labute approximate surface area is 179 Å². The van der Waals surface area contributed by atoms with Crippen molar-refractivity contribution >= 4 is 29.1 Å². The van der Waals surface area contributed by atoms with Crippen LogP contribution < -0.4 is 10.5 Å². The van der Waals surface area contributed by atoms with Crippen LogP contribution in [0, 0.1) is 17.5 Å². The van der Waals surface area contributed by atoms with Crippen LogP contribution in [0.25, 0.3) is 11.1 Å². The highest BCUT2D eigenvalue weighted by Crippen LogP contribution is 2.36. The molecule has 9 heteroatoms. The third-order valence-corrected chi connectivity index (χ3v) is 4.91. The van der Waals surface area contributed by atoms with Gasteiger partial charge < -0.3 is 15.6 Å². The Morgan fingerprint density at radius 1 is 0.933 bits per heavy atom. The molecule has 0 bridgehead atoms. The summed E-state index contributed by atoms with van der Waals surface area (Å²) in [6.45, 7) is -0.340. The molecular formula is C21H14Cl2F3NO3. The number of halogens is 5. The first-order valence-corrected chi connectivity index (χ1v) is 9.27. The Balaban J connectivity index is 1.95.